The van der Waals surface area contributed by atoms with Crippen molar-refractivity contribution < 1.29 is 18.3 Å². The zero-order valence-corrected chi connectivity index (χ0v) is 12.2. The zero-order valence-electron chi connectivity index (χ0n) is 11.4. The van der Waals surface area contributed by atoms with Crippen molar-refractivity contribution in [3.05, 3.63) is 65.7 Å². The van der Waals surface area contributed by atoms with Gasteiger partial charge in [-0.2, -0.15) is 0 Å². The maximum absolute atomic E-state index is 11.6. The van der Waals surface area contributed by atoms with E-state index in [2.05, 4.69) is 4.74 Å². The van der Waals surface area contributed by atoms with Crippen LogP contribution in [0.5, 0.6) is 0 Å². The first-order valence-corrected chi connectivity index (χ1v) is 7.29. The van der Waals surface area contributed by atoms with Gasteiger partial charge in [0.15, 0.2) is 0 Å². The summed E-state index contributed by atoms with van der Waals surface area (Å²) in [6, 6.07) is 15.8. The van der Waals surface area contributed by atoms with Crippen LogP contribution in [0.15, 0.2) is 54.6 Å². The Labute approximate surface area is 125 Å². The molecule has 2 aromatic rings. The van der Waals surface area contributed by atoms with Crippen LogP contribution in [0.3, 0.4) is 0 Å². The van der Waals surface area contributed by atoms with Crippen LogP contribution in [0.1, 0.15) is 15.9 Å². The summed E-state index contributed by atoms with van der Waals surface area (Å²) < 4.78 is 27.0. The number of carbonyl (C=O) groups excluding carboxylic acids is 1. The quantitative estimate of drug-likeness (QED) is 0.681. The van der Waals surface area contributed by atoms with Gasteiger partial charge in [0.2, 0.25) is 0 Å². The van der Waals surface area contributed by atoms with Crippen molar-refractivity contribution in [1.29, 1.82) is 0 Å². The number of anilines is 1. The molecule has 0 radical (unpaired) electrons. The summed E-state index contributed by atoms with van der Waals surface area (Å²) in [6.45, 7) is 0.259. The Morgan fingerprint density at radius 2 is 1.90 bits per heavy atom. The number of esters is 1. The Morgan fingerprint density at radius 3 is 2.52 bits per heavy atom. The second kappa shape index (κ2) is 7.01. The van der Waals surface area contributed by atoms with Crippen LogP contribution in [-0.2, 0) is 22.5 Å². The fourth-order valence-corrected chi connectivity index (χ4v) is 2.45. The number of benzene rings is 2. The molecule has 0 aromatic heterocycles. The van der Waals surface area contributed by atoms with E-state index in [0.29, 0.717) is 11.3 Å². The molecule has 0 spiro atoms. The van der Waals surface area contributed by atoms with Crippen LogP contribution in [0.25, 0.3) is 0 Å². The Hall–Kier alpha value is -2.18. The normalized spacial score (nSPS) is 11.7. The van der Waals surface area contributed by atoms with E-state index in [9.17, 15) is 13.6 Å². The van der Waals surface area contributed by atoms with Gasteiger partial charge in [0.1, 0.15) is 0 Å². The van der Waals surface area contributed by atoms with Gasteiger partial charge in [-0.3, -0.25) is 8.86 Å². The standard InChI is InChI=1S/C15H15NO4S/c1-20-15(17)13-8-5-9-14(10-13)16(21(18)19)11-12-6-3-2-4-7-12/h2-10H,11H2,1H3,(H,18,19). The van der Waals surface area contributed by atoms with E-state index >= 15 is 0 Å². The molecule has 0 aliphatic heterocycles. The fraction of sp³-hybridized carbons (Fsp3) is 0.133. The molecule has 2 rings (SSSR count). The van der Waals surface area contributed by atoms with Gasteiger partial charge in [0.25, 0.3) is 11.3 Å². The second-order valence-electron chi connectivity index (χ2n) is 4.29. The van der Waals surface area contributed by atoms with Crippen molar-refractivity contribution in [3.63, 3.8) is 0 Å². The number of ether oxygens (including phenoxy) is 1. The highest BCUT2D eigenvalue weighted by molar-refractivity contribution is 7.80. The molecule has 0 fully saturated rings. The minimum absolute atomic E-state index is 0.259. The molecule has 1 N–H and O–H groups in total. The average Bonchev–Trinajstić information content (AvgIpc) is 2.52. The maximum atomic E-state index is 11.6. The molecule has 0 amide bonds. The zero-order chi connectivity index (χ0) is 15.2. The lowest BCUT2D eigenvalue weighted by molar-refractivity contribution is 0.0600. The number of carbonyl (C=O) groups is 1. The van der Waals surface area contributed by atoms with E-state index in [1.54, 1.807) is 18.2 Å². The van der Waals surface area contributed by atoms with Gasteiger partial charge in [-0.25, -0.2) is 9.00 Å². The van der Waals surface area contributed by atoms with E-state index in [1.807, 2.05) is 30.3 Å². The molecular weight excluding hydrogens is 290 g/mol. The third-order valence-corrected chi connectivity index (χ3v) is 3.63. The monoisotopic (exact) mass is 305 g/mol. The highest BCUT2D eigenvalue weighted by Crippen LogP contribution is 2.20. The Bertz CT molecular complexity index is 645. The third-order valence-electron chi connectivity index (χ3n) is 2.91. The second-order valence-corrected chi connectivity index (χ2v) is 5.20. The summed E-state index contributed by atoms with van der Waals surface area (Å²) >= 11 is -2.20. The summed E-state index contributed by atoms with van der Waals surface area (Å²) in [7, 11) is 1.29. The number of hydrogen-bond donors (Lipinski definition) is 1. The highest BCUT2D eigenvalue weighted by Gasteiger charge is 2.15. The SMILES string of the molecule is COC(=O)c1cccc(N(Cc2ccccc2)S(=O)O)c1. The Kier molecular flexibility index (Phi) is 5.08. The van der Waals surface area contributed by atoms with E-state index in [-0.39, 0.29) is 6.54 Å². The van der Waals surface area contributed by atoms with Crippen LogP contribution in [0.2, 0.25) is 0 Å². The first-order chi connectivity index (χ1) is 10.1. The number of rotatable bonds is 5. The number of nitrogens with zero attached hydrogens (tertiary/aromatic N) is 1. The first kappa shape index (κ1) is 15.2. The molecule has 0 saturated carbocycles. The topological polar surface area (TPSA) is 66.8 Å². The van der Waals surface area contributed by atoms with Gasteiger partial charge in [-0.1, -0.05) is 36.4 Å². The minimum Gasteiger partial charge on any atom is -0.465 e. The molecule has 21 heavy (non-hydrogen) atoms. The molecule has 0 aliphatic rings. The van der Waals surface area contributed by atoms with Gasteiger partial charge in [0.05, 0.1) is 24.9 Å². The summed E-state index contributed by atoms with van der Waals surface area (Å²) in [5.74, 6) is -0.486. The fourth-order valence-electron chi connectivity index (χ4n) is 1.89. The molecule has 110 valence electrons. The van der Waals surface area contributed by atoms with E-state index < -0.39 is 17.2 Å². The summed E-state index contributed by atoms with van der Waals surface area (Å²) in [6.07, 6.45) is 0. The minimum atomic E-state index is -2.20. The summed E-state index contributed by atoms with van der Waals surface area (Å²) in [5.41, 5.74) is 1.70. The molecule has 5 nitrogen and oxygen atoms in total. The smallest absolute Gasteiger partial charge is 0.337 e. The average molecular weight is 305 g/mol. The lowest BCUT2D eigenvalue weighted by Gasteiger charge is -2.20. The number of hydrogen-bond acceptors (Lipinski definition) is 3. The predicted molar refractivity (Wildman–Crippen MR) is 81.2 cm³/mol. The maximum Gasteiger partial charge on any atom is 0.337 e. The van der Waals surface area contributed by atoms with Gasteiger partial charge in [-0.05, 0) is 23.8 Å². The van der Waals surface area contributed by atoms with Gasteiger partial charge < -0.3 is 4.74 Å². The Morgan fingerprint density at radius 1 is 1.19 bits per heavy atom. The lowest BCUT2D eigenvalue weighted by atomic mass is 10.2. The van der Waals surface area contributed by atoms with E-state index in [1.165, 1.54) is 17.5 Å². The number of methoxy groups -OCH3 is 1. The molecule has 0 aliphatic carbocycles. The van der Waals surface area contributed by atoms with Crippen LogP contribution >= 0.6 is 0 Å². The molecule has 1 unspecified atom stereocenters. The van der Waals surface area contributed by atoms with Crippen molar-refractivity contribution >= 4 is 22.9 Å². The van der Waals surface area contributed by atoms with Crippen molar-refractivity contribution in [1.82, 2.24) is 0 Å². The van der Waals surface area contributed by atoms with Crippen molar-refractivity contribution in [2.24, 2.45) is 0 Å². The Balaban J connectivity index is 2.30. The van der Waals surface area contributed by atoms with Crippen molar-refractivity contribution in [3.8, 4) is 0 Å². The molecule has 6 heteroatoms. The van der Waals surface area contributed by atoms with Crippen LogP contribution in [-0.4, -0.2) is 21.8 Å². The van der Waals surface area contributed by atoms with Gasteiger partial charge in [0, 0.05) is 0 Å². The summed E-state index contributed by atoms with van der Waals surface area (Å²) in [5, 5.41) is 0. The summed E-state index contributed by atoms with van der Waals surface area (Å²) in [4.78, 5) is 11.5. The molecule has 0 saturated heterocycles. The van der Waals surface area contributed by atoms with Gasteiger partial charge in [-0.15, -0.1) is 0 Å². The first-order valence-electron chi connectivity index (χ1n) is 6.22. The molecule has 0 heterocycles. The largest absolute Gasteiger partial charge is 0.465 e. The van der Waals surface area contributed by atoms with E-state index in [0.717, 1.165) is 5.56 Å². The van der Waals surface area contributed by atoms with Crippen LogP contribution < -0.4 is 4.31 Å². The lowest BCUT2D eigenvalue weighted by Crippen LogP contribution is -2.24. The predicted octanol–water partition coefficient (Wildman–Crippen LogP) is 2.62. The van der Waals surface area contributed by atoms with E-state index in [4.69, 9.17) is 0 Å². The third kappa shape index (κ3) is 3.90. The van der Waals surface area contributed by atoms with Crippen LogP contribution in [0.4, 0.5) is 5.69 Å². The molecule has 2 aromatic carbocycles. The molecular formula is C15H15NO4S. The molecule has 0 bridgehead atoms. The van der Waals surface area contributed by atoms with Crippen molar-refractivity contribution in [2.45, 2.75) is 6.54 Å². The molecule has 1 atom stereocenters. The van der Waals surface area contributed by atoms with Crippen molar-refractivity contribution in [2.75, 3.05) is 11.4 Å². The van der Waals surface area contributed by atoms with Crippen LogP contribution in [0, 0.1) is 0 Å². The van der Waals surface area contributed by atoms with Gasteiger partial charge >= 0.3 is 5.97 Å². The highest BCUT2D eigenvalue weighted by atomic mass is 32.2.